The minimum atomic E-state index is -2.84. The van der Waals surface area contributed by atoms with E-state index in [-0.39, 0.29) is 12.1 Å². The minimum absolute atomic E-state index is 0.0562. The van der Waals surface area contributed by atoms with Crippen molar-refractivity contribution in [3.8, 4) is 0 Å². The van der Waals surface area contributed by atoms with Crippen molar-refractivity contribution in [2.45, 2.75) is 38.8 Å². The Balaban J connectivity index is 2.12. The molecule has 0 unspecified atom stereocenters. The molecule has 4 nitrogen and oxygen atoms in total. The molecule has 1 fully saturated rings. The predicted molar refractivity (Wildman–Crippen MR) is 114 cm³/mol. The highest BCUT2D eigenvalue weighted by atomic mass is 31.2. The smallest absolute Gasteiger partial charge is 0.270 e. The Kier molecular flexibility index (Phi) is 6.54. The van der Waals surface area contributed by atoms with Crippen LogP contribution in [0.1, 0.15) is 49.9 Å². The lowest BCUT2D eigenvalue weighted by Gasteiger charge is -2.36. The highest BCUT2D eigenvalue weighted by molar-refractivity contribution is 7.56. The quantitative estimate of drug-likeness (QED) is 0.582. The van der Waals surface area contributed by atoms with Gasteiger partial charge in [-0.3, -0.25) is 4.57 Å². The second-order valence-electron chi connectivity index (χ2n) is 7.33. The van der Waals surface area contributed by atoms with Gasteiger partial charge in [-0.1, -0.05) is 74.5 Å². The van der Waals surface area contributed by atoms with Crippen LogP contribution in [0.15, 0.2) is 60.7 Å². The Morgan fingerprint density at radius 2 is 1.15 bits per heavy atom. The van der Waals surface area contributed by atoms with Crippen LogP contribution in [0, 0.1) is 0 Å². The van der Waals surface area contributed by atoms with Gasteiger partial charge in [0.05, 0.1) is 12.1 Å². The maximum absolute atomic E-state index is 14.5. The van der Waals surface area contributed by atoms with E-state index in [1.54, 1.807) is 0 Å². The zero-order valence-electron chi connectivity index (χ0n) is 17.0. The first-order chi connectivity index (χ1) is 13.1. The van der Waals surface area contributed by atoms with Crippen molar-refractivity contribution in [1.82, 2.24) is 14.0 Å². The van der Waals surface area contributed by atoms with Crippen LogP contribution in [0.3, 0.4) is 0 Å². The summed E-state index contributed by atoms with van der Waals surface area (Å²) in [6.07, 6.45) is 2.00. The fourth-order valence-corrected chi connectivity index (χ4v) is 7.67. The van der Waals surface area contributed by atoms with Crippen LogP contribution < -0.4 is 0 Å². The van der Waals surface area contributed by atoms with Crippen molar-refractivity contribution in [3.63, 3.8) is 0 Å². The Morgan fingerprint density at radius 1 is 0.778 bits per heavy atom. The summed E-state index contributed by atoms with van der Waals surface area (Å²) >= 11 is 0. The maximum atomic E-state index is 14.5. The van der Waals surface area contributed by atoms with E-state index in [1.807, 2.05) is 26.2 Å². The van der Waals surface area contributed by atoms with Crippen LogP contribution in [0.25, 0.3) is 0 Å². The van der Waals surface area contributed by atoms with Gasteiger partial charge in [0.2, 0.25) is 0 Å². The molecule has 3 rings (SSSR count). The largest absolute Gasteiger partial charge is 0.287 e. The standard InChI is InChI=1S/C22H32N3OP/c1-5-17-25(18-6-2)27(26)23(3)21(19-13-9-7-10-14-19)22(24(27)4)20-15-11-8-12-16-20/h7-16,21-22H,5-6,17-18H2,1-4H3/t21-,22-/m0/s1. The van der Waals surface area contributed by atoms with Gasteiger partial charge in [0.25, 0.3) is 7.59 Å². The van der Waals surface area contributed by atoms with Gasteiger partial charge in [-0.15, -0.1) is 0 Å². The topological polar surface area (TPSA) is 26.8 Å². The third kappa shape index (κ3) is 3.64. The van der Waals surface area contributed by atoms with Crippen molar-refractivity contribution >= 4 is 7.59 Å². The first-order valence-electron chi connectivity index (χ1n) is 9.97. The number of benzene rings is 2. The third-order valence-electron chi connectivity index (χ3n) is 5.54. The third-order valence-corrected chi connectivity index (χ3v) is 8.82. The molecule has 0 spiro atoms. The summed E-state index contributed by atoms with van der Waals surface area (Å²) in [5, 5.41) is 0. The van der Waals surface area contributed by atoms with Crippen LogP contribution >= 0.6 is 7.59 Å². The summed E-state index contributed by atoms with van der Waals surface area (Å²) in [7, 11) is 1.24. The molecule has 2 aromatic rings. The molecule has 5 heteroatoms. The fourth-order valence-electron chi connectivity index (χ4n) is 4.34. The summed E-state index contributed by atoms with van der Waals surface area (Å²) in [6.45, 7) is 6.02. The molecule has 2 atom stereocenters. The van der Waals surface area contributed by atoms with Crippen molar-refractivity contribution in [1.29, 1.82) is 0 Å². The molecule has 0 amide bonds. The normalized spacial score (nSPS) is 23.1. The van der Waals surface area contributed by atoms with E-state index in [0.29, 0.717) is 0 Å². The average Bonchev–Trinajstić information content (AvgIpc) is 2.91. The minimum Gasteiger partial charge on any atom is -0.270 e. The summed E-state index contributed by atoms with van der Waals surface area (Å²) in [6, 6.07) is 21.1. The van der Waals surface area contributed by atoms with Gasteiger partial charge in [-0.25, -0.2) is 14.0 Å². The lowest BCUT2D eigenvalue weighted by molar-refractivity contribution is 0.316. The zero-order valence-corrected chi connectivity index (χ0v) is 17.8. The summed E-state index contributed by atoms with van der Waals surface area (Å²) in [4.78, 5) is 0. The Hall–Kier alpha value is -1.45. The van der Waals surface area contributed by atoms with Gasteiger partial charge in [0.1, 0.15) is 0 Å². The Bertz CT molecular complexity index is 706. The van der Waals surface area contributed by atoms with E-state index in [9.17, 15) is 4.57 Å². The van der Waals surface area contributed by atoms with Crippen LogP contribution in [-0.4, -0.2) is 41.2 Å². The number of hydrogen-bond acceptors (Lipinski definition) is 1. The molecule has 0 aliphatic carbocycles. The molecule has 1 heterocycles. The van der Waals surface area contributed by atoms with E-state index >= 15 is 0 Å². The van der Waals surface area contributed by atoms with E-state index in [2.05, 4.69) is 76.4 Å². The molecule has 0 saturated carbocycles. The second kappa shape index (κ2) is 8.70. The van der Waals surface area contributed by atoms with Gasteiger partial charge >= 0.3 is 0 Å². The number of hydrogen-bond donors (Lipinski definition) is 0. The van der Waals surface area contributed by atoms with Crippen LogP contribution in [0.5, 0.6) is 0 Å². The van der Waals surface area contributed by atoms with Crippen molar-refractivity contribution < 1.29 is 4.57 Å². The first kappa shape index (κ1) is 20.3. The number of likely N-dealkylation sites (N-methyl/N-ethyl adjacent to an activating group) is 2. The van der Waals surface area contributed by atoms with E-state index in [0.717, 1.165) is 25.9 Å². The van der Waals surface area contributed by atoms with Gasteiger partial charge < -0.3 is 0 Å². The lowest BCUT2D eigenvalue weighted by Crippen LogP contribution is -2.32. The van der Waals surface area contributed by atoms with Gasteiger partial charge in [-0.2, -0.15) is 0 Å². The molecule has 1 aliphatic rings. The number of rotatable bonds is 7. The van der Waals surface area contributed by atoms with Crippen molar-refractivity contribution in [3.05, 3.63) is 71.8 Å². The summed E-state index contributed by atoms with van der Waals surface area (Å²) in [5.41, 5.74) is 2.43. The molecular formula is C22H32N3OP. The molecule has 2 aromatic carbocycles. The van der Waals surface area contributed by atoms with Gasteiger partial charge in [0.15, 0.2) is 0 Å². The highest BCUT2D eigenvalue weighted by Crippen LogP contribution is 2.69. The predicted octanol–water partition coefficient (Wildman–Crippen LogP) is 5.58. The van der Waals surface area contributed by atoms with Crippen LogP contribution in [0.2, 0.25) is 0 Å². The highest BCUT2D eigenvalue weighted by Gasteiger charge is 2.54. The van der Waals surface area contributed by atoms with Crippen molar-refractivity contribution in [2.24, 2.45) is 0 Å². The average molecular weight is 385 g/mol. The van der Waals surface area contributed by atoms with E-state index in [1.165, 1.54) is 11.1 Å². The van der Waals surface area contributed by atoms with Crippen LogP contribution in [0.4, 0.5) is 0 Å². The van der Waals surface area contributed by atoms with E-state index < -0.39 is 7.59 Å². The summed E-state index contributed by atoms with van der Waals surface area (Å²) in [5.74, 6) is 0. The lowest BCUT2D eigenvalue weighted by atomic mass is 9.93. The maximum Gasteiger partial charge on any atom is 0.287 e. The Morgan fingerprint density at radius 3 is 1.48 bits per heavy atom. The van der Waals surface area contributed by atoms with Crippen molar-refractivity contribution in [2.75, 3.05) is 27.2 Å². The fraction of sp³-hybridized carbons (Fsp3) is 0.455. The molecule has 0 aromatic heterocycles. The second-order valence-corrected chi connectivity index (χ2v) is 10.2. The first-order valence-corrected chi connectivity index (χ1v) is 11.5. The molecule has 0 bridgehead atoms. The SMILES string of the molecule is CCCN(CCC)P1(=O)N(C)[C@@H](c2ccccc2)[C@H](c2ccccc2)N1C. The zero-order chi connectivity index (χ0) is 19.4. The molecule has 146 valence electrons. The molecule has 0 radical (unpaired) electrons. The van der Waals surface area contributed by atoms with Gasteiger partial charge in [0, 0.05) is 13.1 Å². The number of nitrogens with zero attached hydrogens (tertiary/aromatic N) is 3. The van der Waals surface area contributed by atoms with Crippen LogP contribution in [-0.2, 0) is 4.57 Å². The molecule has 1 aliphatic heterocycles. The molecule has 1 saturated heterocycles. The molecule has 27 heavy (non-hydrogen) atoms. The molecular weight excluding hydrogens is 353 g/mol. The molecule has 0 N–H and O–H groups in total. The monoisotopic (exact) mass is 385 g/mol. The Labute approximate surface area is 164 Å². The van der Waals surface area contributed by atoms with E-state index in [4.69, 9.17) is 0 Å². The van der Waals surface area contributed by atoms with Gasteiger partial charge in [-0.05, 0) is 38.1 Å². The summed E-state index contributed by atoms with van der Waals surface area (Å²) < 4.78 is 21.0.